The first-order valence-corrected chi connectivity index (χ1v) is 7.18. The summed E-state index contributed by atoms with van der Waals surface area (Å²) in [7, 11) is 0. The second kappa shape index (κ2) is 7.65. The molecule has 3 nitrogen and oxygen atoms in total. The van der Waals surface area contributed by atoms with Crippen molar-refractivity contribution in [3.63, 3.8) is 0 Å². The van der Waals surface area contributed by atoms with Crippen LogP contribution in [0.5, 0.6) is 0 Å². The first-order chi connectivity index (χ1) is 9.23. The van der Waals surface area contributed by atoms with E-state index in [4.69, 9.17) is 4.74 Å². The molecular weight excluding hydrogens is 274 g/mol. The normalized spacial score (nSPS) is 15.6. The van der Waals surface area contributed by atoms with E-state index < -0.39 is 0 Å². The molecular formula is C16H24ClNO2. The number of halogens is 1. The standard InChI is InChI=1S/C16H23NO2.ClH/c1-3-17(4-2)12-13-19-15(18)16(10-11-16)14-8-6-5-7-9-14;/h5-9H,3-4,10-13H2,1-2H3;1H. The van der Waals surface area contributed by atoms with Gasteiger partial charge in [-0.05, 0) is 31.5 Å². The van der Waals surface area contributed by atoms with Crippen LogP contribution >= 0.6 is 12.4 Å². The molecule has 1 fully saturated rings. The highest BCUT2D eigenvalue weighted by atomic mass is 35.5. The summed E-state index contributed by atoms with van der Waals surface area (Å²) in [5.74, 6) is -0.0501. The average Bonchev–Trinajstić information content (AvgIpc) is 3.26. The van der Waals surface area contributed by atoms with E-state index in [1.165, 1.54) is 0 Å². The number of nitrogens with zero attached hydrogens (tertiary/aromatic N) is 1. The number of hydrogen-bond donors (Lipinski definition) is 0. The van der Waals surface area contributed by atoms with Crippen molar-refractivity contribution in [1.29, 1.82) is 0 Å². The Kier molecular flexibility index (Phi) is 6.50. The zero-order chi connectivity index (χ0) is 13.7. The number of benzene rings is 1. The molecule has 20 heavy (non-hydrogen) atoms. The molecule has 1 aliphatic carbocycles. The van der Waals surface area contributed by atoms with Gasteiger partial charge in [-0.25, -0.2) is 0 Å². The topological polar surface area (TPSA) is 29.5 Å². The summed E-state index contributed by atoms with van der Waals surface area (Å²) in [5.41, 5.74) is 0.757. The molecule has 0 heterocycles. The van der Waals surface area contributed by atoms with E-state index in [1.54, 1.807) is 0 Å². The van der Waals surface area contributed by atoms with Crippen molar-refractivity contribution in [2.24, 2.45) is 0 Å². The first-order valence-electron chi connectivity index (χ1n) is 7.18. The minimum Gasteiger partial charge on any atom is -0.464 e. The van der Waals surface area contributed by atoms with Crippen LogP contribution in [0.3, 0.4) is 0 Å². The van der Waals surface area contributed by atoms with E-state index in [0.717, 1.165) is 38.0 Å². The smallest absolute Gasteiger partial charge is 0.316 e. The fourth-order valence-electron chi connectivity index (χ4n) is 2.44. The molecule has 1 aromatic rings. The van der Waals surface area contributed by atoms with Gasteiger partial charge in [0.2, 0.25) is 0 Å². The van der Waals surface area contributed by atoms with Gasteiger partial charge in [-0.3, -0.25) is 4.79 Å². The summed E-state index contributed by atoms with van der Waals surface area (Å²) in [6, 6.07) is 10.00. The molecule has 0 spiro atoms. The Morgan fingerprint density at radius 2 is 1.80 bits per heavy atom. The minimum absolute atomic E-state index is 0. The molecule has 0 atom stereocenters. The lowest BCUT2D eigenvalue weighted by molar-refractivity contribution is -0.147. The van der Waals surface area contributed by atoms with Crippen LogP contribution in [-0.4, -0.2) is 37.1 Å². The summed E-state index contributed by atoms with van der Waals surface area (Å²) in [6.07, 6.45) is 1.84. The molecule has 0 saturated heterocycles. The number of ether oxygens (including phenoxy) is 1. The number of carbonyl (C=O) groups is 1. The number of carbonyl (C=O) groups excluding carboxylic acids is 1. The van der Waals surface area contributed by atoms with Gasteiger partial charge >= 0.3 is 5.97 Å². The van der Waals surface area contributed by atoms with E-state index in [2.05, 4.69) is 18.7 Å². The average molecular weight is 298 g/mol. The third-order valence-electron chi connectivity index (χ3n) is 4.00. The van der Waals surface area contributed by atoms with Crippen molar-refractivity contribution in [3.05, 3.63) is 35.9 Å². The van der Waals surface area contributed by atoms with Gasteiger partial charge in [-0.15, -0.1) is 12.4 Å². The molecule has 0 N–H and O–H groups in total. The van der Waals surface area contributed by atoms with Gasteiger partial charge in [-0.1, -0.05) is 44.2 Å². The van der Waals surface area contributed by atoms with Gasteiger partial charge in [0, 0.05) is 6.54 Å². The van der Waals surface area contributed by atoms with Gasteiger partial charge in [0.1, 0.15) is 6.61 Å². The van der Waals surface area contributed by atoms with Gasteiger partial charge in [0.25, 0.3) is 0 Å². The van der Waals surface area contributed by atoms with Gasteiger partial charge in [0.05, 0.1) is 5.41 Å². The van der Waals surface area contributed by atoms with Crippen LogP contribution in [0.25, 0.3) is 0 Å². The largest absolute Gasteiger partial charge is 0.464 e. The molecule has 1 aromatic carbocycles. The molecule has 0 bridgehead atoms. The van der Waals surface area contributed by atoms with E-state index in [1.807, 2.05) is 30.3 Å². The Morgan fingerprint density at radius 1 is 1.20 bits per heavy atom. The van der Waals surface area contributed by atoms with E-state index in [0.29, 0.717) is 6.61 Å². The van der Waals surface area contributed by atoms with E-state index in [-0.39, 0.29) is 23.8 Å². The Bertz CT molecular complexity index is 414. The lowest BCUT2D eigenvalue weighted by atomic mass is 9.96. The van der Waals surface area contributed by atoms with Gasteiger partial charge in [0.15, 0.2) is 0 Å². The monoisotopic (exact) mass is 297 g/mol. The molecule has 0 unspecified atom stereocenters. The van der Waals surface area contributed by atoms with Crippen molar-refractivity contribution in [2.75, 3.05) is 26.2 Å². The number of likely N-dealkylation sites (N-methyl/N-ethyl adjacent to an activating group) is 1. The second-order valence-corrected chi connectivity index (χ2v) is 5.11. The molecule has 0 aliphatic heterocycles. The van der Waals surface area contributed by atoms with Crippen LogP contribution in [0.15, 0.2) is 30.3 Å². The second-order valence-electron chi connectivity index (χ2n) is 5.11. The zero-order valence-corrected chi connectivity index (χ0v) is 13.1. The Labute approximate surface area is 127 Å². The van der Waals surface area contributed by atoms with Crippen molar-refractivity contribution in [1.82, 2.24) is 4.90 Å². The minimum atomic E-state index is -0.343. The maximum Gasteiger partial charge on any atom is 0.316 e. The van der Waals surface area contributed by atoms with Crippen molar-refractivity contribution < 1.29 is 9.53 Å². The molecule has 112 valence electrons. The molecule has 1 saturated carbocycles. The van der Waals surface area contributed by atoms with Crippen molar-refractivity contribution >= 4 is 18.4 Å². The fourth-order valence-corrected chi connectivity index (χ4v) is 2.44. The van der Waals surface area contributed by atoms with Crippen LogP contribution in [0.2, 0.25) is 0 Å². The Balaban J connectivity index is 0.00000200. The highest BCUT2D eigenvalue weighted by Gasteiger charge is 2.52. The van der Waals surface area contributed by atoms with E-state index in [9.17, 15) is 4.79 Å². The summed E-state index contributed by atoms with van der Waals surface area (Å²) in [6.45, 7) is 7.56. The predicted molar refractivity (Wildman–Crippen MR) is 83.3 cm³/mol. The van der Waals surface area contributed by atoms with Crippen LogP contribution in [0.1, 0.15) is 32.3 Å². The molecule has 4 heteroatoms. The molecule has 2 rings (SSSR count). The molecule has 0 aromatic heterocycles. The third kappa shape index (κ3) is 3.74. The first kappa shape index (κ1) is 17.0. The molecule has 0 radical (unpaired) electrons. The number of esters is 1. The Morgan fingerprint density at radius 3 is 2.30 bits per heavy atom. The molecule has 0 amide bonds. The number of rotatable bonds is 7. The van der Waals surface area contributed by atoms with Crippen molar-refractivity contribution in [3.8, 4) is 0 Å². The lowest BCUT2D eigenvalue weighted by Gasteiger charge is -2.19. The summed E-state index contributed by atoms with van der Waals surface area (Å²) in [4.78, 5) is 14.5. The van der Waals surface area contributed by atoms with Gasteiger partial charge in [-0.2, -0.15) is 0 Å². The van der Waals surface area contributed by atoms with Crippen LogP contribution < -0.4 is 0 Å². The van der Waals surface area contributed by atoms with Gasteiger partial charge < -0.3 is 9.64 Å². The van der Waals surface area contributed by atoms with Crippen LogP contribution in [0.4, 0.5) is 0 Å². The SMILES string of the molecule is CCN(CC)CCOC(=O)C1(c2ccccc2)CC1.Cl. The lowest BCUT2D eigenvalue weighted by Crippen LogP contribution is -2.30. The quantitative estimate of drug-likeness (QED) is 0.725. The fraction of sp³-hybridized carbons (Fsp3) is 0.562. The summed E-state index contributed by atoms with van der Waals surface area (Å²) < 4.78 is 5.48. The summed E-state index contributed by atoms with van der Waals surface area (Å²) >= 11 is 0. The maximum atomic E-state index is 12.2. The number of hydrogen-bond acceptors (Lipinski definition) is 3. The third-order valence-corrected chi connectivity index (χ3v) is 4.00. The highest BCUT2D eigenvalue weighted by Crippen LogP contribution is 2.49. The zero-order valence-electron chi connectivity index (χ0n) is 12.3. The predicted octanol–water partition coefficient (Wildman–Crippen LogP) is 3.03. The van der Waals surface area contributed by atoms with Crippen LogP contribution in [0, 0.1) is 0 Å². The maximum absolute atomic E-state index is 12.2. The Hall–Kier alpha value is -1.06. The summed E-state index contributed by atoms with van der Waals surface area (Å²) in [5, 5.41) is 0. The van der Waals surface area contributed by atoms with Crippen molar-refractivity contribution in [2.45, 2.75) is 32.1 Å². The van der Waals surface area contributed by atoms with Crippen LogP contribution in [-0.2, 0) is 14.9 Å². The van der Waals surface area contributed by atoms with E-state index >= 15 is 0 Å². The highest BCUT2D eigenvalue weighted by molar-refractivity contribution is 5.86. The molecule has 1 aliphatic rings.